The van der Waals surface area contributed by atoms with Crippen molar-refractivity contribution in [1.82, 2.24) is 9.97 Å². The van der Waals surface area contributed by atoms with Gasteiger partial charge < -0.3 is 4.98 Å². The van der Waals surface area contributed by atoms with E-state index in [1.54, 1.807) is 11.3 Å². The van der Waals surface area contributed by atoms with Crippen molar-refractivity contribution in [1.29, 1.82) is 0 Å². The first kappa shape index (κ1) is 11.2. The summed E-state index contributed by atoms with van der Waals surface area (Å²) in [6.07, 6.45) is 1.01. The van der Waals surface area contributed by atoms with E-state index < -0.39 is 0 Å². The molecule has 1 N–H and O–H groups in total. The van der Waals surface area contributed by atoms with Gasteiger partial charge in [-0.1, -0.05) is 0 Å². The molecule has 0 saturated carbocycles. The molecule has 2 nitrogen and oxygen atoms in total. The van der Waals surface area contributed by atoms with Crippen molar-refractivity contribution in [3.63, 3.8) is 0 Å². The highest BCUT2D eigenvalue weighted by molar-refractivity contribution is 9.11. The highest BCUT2D eigenvalue weighted by atomic mass is 79.9. The summed E-state index contributed by atoms with van der Waals surface area (Å²) in [5, 5.41) is 2.16. The Bertz CT molecular complexity index is 763. The van der Waals surface area contributed by atoms with E-state index in [9.17, 15) is 0 Å². The molecule has 0 amide bonds. The number of nitrogens with zero attached hydrogens (tertiary/aromatic N) is 1. The fourth-order valence-electron chi connectivity index (χ4n) is 2.88. The van der Waals surface area contributed by atoms with Crippen LogP contribution in [0.25, 0.3) is 10.2 Å². The van der Waals surface area contributed by atoms with Gasteiger partial charge in [-0.15, -0.1) is 22.7 Å². The molecule has 3 heterocycles. The lowest BCUT2D eigenvalue weighted by atomic mass is 9.78. The summed E-state index contributed by atoms with van der Waals surface area (Å²) in [5.74, 6) is 0. The zero-order chi connectivity index (χ0) is 12.5. The van der Waals surface area contributed by atoms with Crippen molar-refractivity contribution >= 4 is 48.8 Å². The molecule has 0 bridgehead atoms. The monoisotopic (exact) mass is 338 g/mol. The SMILES string of the molecule is CC1(C)c2nc(Br)sc2Cc2c1[nH]c1ccsc21. The Morgan fingerprint density at radius 2 is 2.28 bits per heavy atom. The van der Waals surface area contributed by atoms with E-state index in [0.29, 0.717) is 0 Å². The molecule has 0 aromatic carbocycles. The van der Waals surface area contributed by atoms with Gasteiger partial charge in [0.05, 0.1) is 15.9 Å². The Labute approximate surface area is 121 Å². The van der Waals surface area contributed by atoms with Gasteiger partial charge in [0.15, 0.2) is 3.92 Å². The predicted octanol–water partition coefficient (Wildman–Crippen LogP) is 4.68. The molecular formula is C13H11BrN2S2. The van der Waals surface area contributed by atoms with E-state index in [1.165, 1.54) is 32.0 Å². The van der Waals surface area contributed by atoms with Crippen molar-refractivity contribution in [2.45, 2.75) is 25.7 Å². The molecular weight excluding hydrogens is 328 g/mol. The highest BCUT2D eigenvalue weighted by Gasteiger charge is 2.38. The molecule has 18 heavy (non-hydrogen) atoms. The van der Waals surface area contributed by atoms with E-state index in [2.05, 4.69) is 51.2 Å². The standard InChI is InChI=1S/C13H11BrN2S2/c1-13(2)10-6(9-7(15-10)3-4-17-9)5-8-11(13)16-12(14)18-8/h3-4,15H,5H2,1-2H3. The van der Waals surface area contributed by atoms with E-state index in [1.807, 2.05) is 11.3 Å². The van der Waals surface area contributed by atoms with Crippen LogP contribution in [0.5, 0.6) is 0 Å². The lowest BCUT2D eigenvalue weighted by Gasteiger charge is -2.28. The number of thiazole rings is 1. The summed E-state index contributed by atoms with van der Waals surface area (Å²) >= 11 is 7.12. The van der Waals surface area contributed by atoms with Gasteiger partial charge in [0.1, 0.15) is 0 Å². The summed E-state index contributed by atoms with van der Waals surface area (Å²) in [5.41, 5.74) is 5.28. The van der Waals surface area contributed by atoms with Gasteiger partial charge in [-0.2, -0.15) is 0 Å². The van der Waals surface area contributed by atoms with Gasteiger partial charge in [-0.25, -0.2) is 4.98 Å². The summed E-state index contributed by atoms with van der Waals surface area (Å²) in [6, 6.07) is 2.17. The smallest absolute Gasteiger partial charge is 0.159 e. The average Bonchev–Trinajstić information content (AvgIpc) is 2.93. The molecule has 0 aliphatic heterocycles. The third-order valence-corrected chi connectivity index (χ3v) is 6.21. The van der Waals surface area contributed by atoms with Crippen molar-refractivity contribution in [2.75, 3.05) is 0 Å². The minimum Gasteiger partial charge on any atom is -0.357 e. The number of hydrogen-bond acceptors (Lipinski definition) is 3. The number of hydrogen-bond donors (Lipinski definition) is 1. The van der Waals surface area contributed by atoms with E-state index >= 15 is 0 Å². The molecule has 4 rings (SSSR count). The predicted molar refractivity (Wildman–Crippen MR) is 80.9 cm³/mol. The zero-order valence-corrected chi connectivity index (χ0v) is 13.2. The average molecular weight is 339 g/mol. The Kier molecular flexibility index (Phi) is 2.16. The zero-order valence-electron chi connectivity index (χ0n) is 10.0. The Morgan fingerprint density at radius 1 is 1.44 bits per heavy atom. The molecule has 92 valence electrons. The minimum atomic E-state index is -0.0236. The number of aromatic nitrogens is 2. The molecule has 0 spiro atoms. The van der Waals surface area contributed by atoms with Crippen LogP contribution < -0.4 is 0 Å². The maximum atomic E-state index is 4.68. The number of thiophene rings is 1. The second-order valence-corrected chi connectivity index (χ2v) is 8.46. The van der Waals surface area contributed by atoms with Crippen molar-refractivity contribution in [3.05, 3.63) is 37.2 Å². The maximum absolute atomic E-state index is 4.68. The number of rotatable bonds is 0. The highest BCUT2D eigenvalue weighted by Crippen LogP contribution is 2.46. The van der Waals surface area contributed by atoms with E-state index in [0.717, 1.165) is 10.3 Å². The van der Waals surface area contributed by atoms with Gasteiger partial charge in [-0.05, 0) is 46.8 Å². The molecule has 0 atom stereocenters. The van der Waals surface area contributed by atoms with E-state index in [-0.39, 0.29) is 5.41 Å². The first-order valence-corrected chi connectivity index (χ1v) is 8.30. The summed E-state index contributed by atoms with van der Waals surface area (Å²) in [4.78, 5) is 9.67. The van der Waals surface area contributed by atoms with Gasteiger partial charge in [-0.3, -0.25) is 0 Å². The van der Waals surface area contributed by atoms with Gasteiger partial charge >= 0.3 is 0 Å². The number of fused-ring (bicyclic) bond motifs is 4. The van der Waals surface area contributed by atoms with Gasteiger partial charge in [0, 0.05) is 22.4 Å². The first-order valence-electron chi connectivity index (χ1n) is 5.81. The van der Waals surface area contributed by atoms with Crippen LogP contribution in [0.1, 0.15) is 35.7 Å². The van der Waals surface area contributed by atoms with Crippen molar-refractivity contribution < 1.29 is 0 Å². The first-order chi connectivity index (χ1) is 8.57. The molecule has 3 aromatic rings. The van der Waals surface area contributed by atoms with Crippen molar-refractivity contribution in [2.24, 2.45) is 0 Å². The molecule has 1 aliphatic rings. The van der Waals surface area contributed by atoms with Crippen LogP contribution in [-0.4, -0.2) is 9.97 Å². The molecule has 0 unspecified atom stereocenters. The third kappa shape index (κ3) is 1.30. The van der Waals surface area contributed by atoms with Crippen LogP contribution >= 0.6 is 38.6 Å². The maximum Gasteiger partial charge on any atom is 0.159 e. The number of aromatic amines is 1. The van der Waals surface area contributed by atoms with Crippen LogP contribution in [0.15, 0.2) is 15.4 Å². The number of H-pyrrole nitrogens is 1. The van der Waals surface area contributed by atoms with Crippen LogP contribution in [0.2, 0.25) is 0 Å². The fourth-order valence-corrected chi connectivity index (χ4v) is 5.50. The van der Waals surface area contributed by atoms with Gasteiger partial charge in [0.2, 0.25) is 0 Å². The fraction of sp³-hybridized carbons (Fsp3) is 0.308. The quantitative estimate of drug-likeness (QED) is 0.633. The Balaban J connectivity index is 2.06. The number of halogens is 1. The second-order valence-electron chi connectivity index (χ2n) is 5.18. The summed E-state index contributed by atoms with van der Waals surface area (Å²) < 4.78 is 2.40. The third-order valence-electron chi connectivity index (χ3n) is 3.73. The van der Waals surface area contributed by atoms with Gasteiger partial charge in [0.25, 0.3) is 0 Å². The Hall–Kier alpha value is -0.650. The van der Waals surface area contributed by atoms with Crippen molar-refractivity contribution in [3.8, 4) is 0 Å². The molecule has 3 aromatic heterocycles. The van der Waals surface area contributed by atoms with E-state index in [4.69, 9.17) is 0 Å². The lowest BCUT2D eigenvalue weighted by Crippen LogP contribution is -2.26. The molecule has 0 fully saturated rings. The Morgan fingerprint density at radius 3 is 3.11 bits per heavy atom. The second kappa shape index (κ2) is 3.46. The molecule has 1 aliphatic carbocycles. The normalized spacial score (nSPS) is 16.8. The van der Waals surface area contributed by atoms with Crippen LogP contribution in [0.4, 0.5) is 0 Å². The largest absolute Gasteiger partial charge is 0.357 e. The van der Waals surface area contributed by atoms with Crippen LogP contribution in [0, 0.1) is 0 Å². The topological polar surface area (TPSA) is 28.7 Å². The molecule has 0 radical (unpaired) electrons. The lowest BCUT2D eigenvalue weighted by molar-refractivity contribution is 0.579. The number of nitrogens with one attached hydrogen (secondary N) is 1. The minimum absolute atomic E-state index is 0.0236. The van der Waals surface area contributed by atoms with Crippen LogP contribution in [-0.2, 0) is 11.8 Å². The molecule has 5 heteroatoms. The molecule has 0 saturated heterocycles. The summed E-state index contributed by atoms with van der Waals surface area (Å²) in [7, 11) is 0. The van der Waals surface area contributed by atoms with Crippen LogP contribution in [0.3, 0.4) is 0 Å². The summed E-state index contributed by atoms with van der Waals surface area (Å²) in [6.45, 7) is 4.52.